The fraction of sp³-hybridized carbons (Fsp3) is 0.583. The molecule has 4 heteroatoms. The first-order valence-corrected chi connectivity index (χ1v) is 6.90. The summed E-state index contributed by atoms with van der Waals surface area (Å²) in [6, 6.07) is 4.03. The van der Waals surface area contributed by atoms with E-state index in [1.807, 2.05) is 12.3 Å². The van der Waals surface area contributed by atoms with Crippen LogP contribution in [0, 0.1) is 0 Å². The van der Waals surface area contributed by atoms with Crippen molar-refractivity contribution in [2.75, 3.05) is 23.7 Å². The molecule has 0 bridgehead atoms. The third kappa shape index (κ3) is 2.50. The first-order chi connectivity index (χ1) is 7.85. The fourth-order valence-corrected chi connectivity index (χ4v) is 3.21. The average Bonchev–Trinajstić information content (AvgIpc) is 2.38. The Morgan fingerprint density at radius 3 is 3.25 bits per heavy atom. The predicted molar refractivity (Wildman–Crippen MR) is 70.9 cm³/mol. The van der Waals surface area contributed by atoms with Crippen LogP contribution < -0.4 is 10.6 Å². The third-order valence-corrected chi connectivity index (χ3v) is 4.35. The molecule has 0 amide bonds. The topological polar surface area (TPSA) is 42.2 Å². The molecule has 1 unspecified atom stereocenters. The van der Waals surface area contributed by atoms with Gasteiger partial charge >= 0.3 is 0 Å². The van der Waals surface area contributed by atoms with E-state index >= 15 is 0 Å². The number of rotatable bonds is 3. The van der Waals surface area contributed by atoms with Gasteiger partial charge in [0.15, 0.2) is 0 Å². The molecule has 1 aromatic rings. The SMILES string of the molecule is CCC1CN(c2ncccc2CN)CCS1. The van der Waals surface area contributed by atoms with Crippen LogP contribution in [0.25, 0.3) is 0 Å². The highest BCUT2D eigenvalue weighted by Gasteiger charge is 2.21. The van der Waals surface area contributed by atoms with Gasteiger partial charge in [-0.15, -0.1) is 0 Å². The summed E-state index contributed by atoms with van der Waals surface area (Å²) >= 11 is 2.07. The van der Waals surface area contributed by atoms with Crippen molar-refractivity contribution in [2.24, 2.45) is 5.73 Å². The van der Waals surface area contributed by atoms with Crippen molar-refractivity contribution in [1.29, 1.82) is 0 Å². The maximum atomic E-state index is 5.75. The quantitative estimate of drug-likeness (QED) is 0.871. The van der Waals surface area contributed by atoms with E-state index in [9.17, 15) is 0 Å². The van der Waals surface area contributed by atoms with E-state index in [4.69, 9.17) is 5.73 Å². The molecule has 2 heterocycles. The molecule has 2 rings (SSSR count). The van der Waals surface area contributed by atoms with Crippen LogP contribution >= 0.6 is 11.8 Å². The molecule has 3 nitrogen and oxygen atoms in total. The summed E-state index contributed by atoms with van der Waals surface area (Å²) in [4.78, 5) is 6.86. The van der Waals surface area contributed by atoms with Crippen LogP contribution in [0.5, 0.6) is 0 Å². The van der Waals surface area contributed by atoms with E-state index in [0.717, 1.165) is 29.7 Å². The highest BCUT2D eigenvalue weighted by molar-refractivity contribution is 8.00. The van der Waals surface area contributed by atoms with Crippen LogP contribution in [0.4, 0.5) is 5.82 Å². The van der Waals surface area contributed by atoms with Gasteiger partial charge in [0.2, 0.25) is 0 Å². The van der Waals surface area contributed by atoms with Gasteiger partial charge in [-0.1, -0.05) is 13.0 Å². The van der Waals surface area contributed by atoms with Crippen molar-refractivity contribution in [2.45, 2.75) is 25.1 Å². The lowest BCUT2D eigenvalue weighted by atomic mass is 10.2. The molecule has 0 aliphatic carbocycles. The Bertz CT molecular complexity index is 343. The molecule has 0 saturated carbocycles. The molecule has 1 aliphatic heterocycles. The van der Waals surface area contributed by atoms with Crippen molar-refractivity contribution in [3.8, 4) is 0 Å². The molecule has 0 spiro atoms. The lowest BCUT2D eigenvalue weighted by Gasteiger charge is -2.33. The van der Waals surface area contributed by atoms with Crippen molar-refractivity contribution in [3.05, 3.63) is 23.9 Å². The van der Waals surface area contributed by atoms with E-state index in [2.05, 4.69) is 34.6 Å². The van der Waals surface area contributed by atoms with Crippen LogP contribution in [-0.2, 0) is 6.54 Å². The van der Waals surface area contributed by atoms with E-state index in [-0.39, 0.29) is 0 Å². The highest BCUT2D eigenvalue weighted by atomic mass is 32.2. The number of aromatic nitrogens is 1. The molecule has 2 N–H and O–H groups in total. The summed E-state index contributed by atoms with van der Waals surface area (Å²) in [6.45, 7) is 5.02. The zero-order chi connectivity index (χ0) is 11.4. The lowest BCUT2D eigenvalue weighted by Crippen LogP contribution is -2.38. The number of hydrogen-bond acceptors (Lipinski definition) is 4. The van der Waals surface area contributed by atoms with Gasteiger partial charge in [-0.25, -0.2) is 4.98 Å². The first-order valence-electron chi connectivity index (χ1n) is 5.85. The Hall–Kier alpha value is -0.740. The number of thioether (sulfide) groups is 1. The molecule has 16 heavy (non-hydrogen) atoms. The molecular formula is C12H19N3S. The van der Waals surface area contributed by atoms with Crippen LogP contribution in [0.1, 0.15) is 18.9 Å². The second-order valence-electron chi connectivity index (χ2n) is 4.04. The number of hydrogen-bond donors (Lipinski definition) is 1. The van der Waals surface area contributed by atoms with Crippen molar-refractivity contribution < 1.29 is 0 Å². The Morgan fingerprint density at radius 2 is 2.50 bits per heavy atom. The Balaban J connectivity index is 2.16. The van der Waals surface area contributed by atoms with Crippen LogP contribution in [0.2, 0.25) is 0 Å². The second kappa shape index (κ2) is 5.55. The van der Waals surface area contributed by atoms with E-state index in [0.29, 0.717) is 6.54 Å². The van der Waals surface area contributed by atoms with Crippen molar-refractivity contribution in [3.63, 3.8) is 0 Å². The van der Waals surface area contributed by atoms with Crippen LogP contribution in [-0.4, -0.2) is 29.1 Å². The van der Waals surface area contributed by atoms with Gasteiger partial charge in [0.05, 0.1) is 0 Å². The summed E-state index contributed by atoms with van der Waals surface area (Å²) in [5.74, 6) is 2.28. The zero-order valence-electron chi connectivity index (χ0n) is 9.72. The van der Waals surface area contributed by atoms with Crippen molar-refractivity contribution in [1.82, 2.24) is 4.98 Å². The van der Waals surface area contributed by atoms with E-state index in [1.54, 1.807) is 0 Å². The normalized spacial score (nSPS) is 21.1. The molecule has 1 aliphatic rings. The van der Waals surface area contributed by atoms with Gasteiger partial charge in [0.1, 0.15) is 5.82 Å². The van der Waals surface area contributed by atoms with Crippen LogP contribution in [0.3, 0.4) is 0 Å². The molecule has 88 valence electrons. The standard InChI is InChI=1S/C12H19N3S/c1-2-11-9-15(6-7-16-11)12-10(8-13)4-3-5-14-12/h3-5,11H,2,6-9,13H2,1H3. The van der Waals surface area contributed by atoms with Crippen molar-refractivity contribution >= 4 is 17.6 Å². The molecular weight excluding hydrogens is 218 g/mol. The van der Waals surface area contributed by atoms with Gasteiger partial charge in [-0.2, -0.15) is 11.8 Å². The van der Waals surface area contributed by atoms with Gasteiger partial charge < -0.3 is 10.6 Å². The fourth-order valence-electron chi connectivity index (χ4n) is 2.03. The van der Waals surface area contributed by atoms with Gasteiger partial charge in [-0.3, -0.25) is 0 Å². The number of nitrogens with zero attached hydrogens (tertiary/aromatic N) is 2. The van der Waals surface area contributed by atoms with Gasteiger partial charge in [-0.05, 0) is 12.5 Å². The minimum Gasteiger partial charge on any atom is -0.354 e. The molecule has 1 atom stereocenters. The Kier molecular flexibility index (Phi) is 4.07. The number of nitrogens with two attached hydrogens (primary N) is 1. The maximum absolute atomic E-state index is 5.75. The van der Waals surface area contributed by atoms with Crippen LogP contribution in [0.15, 0.2) is 18.3 Å². The highest BCUT2D eigenvalue weighted by Crippen LogP contribution is 2.26. The summed E-state index contributed by atoms with van der Waals surface area (Å²) in [5, 5.41) is 0.737. The smallest absolute Gasteiger partial charge is 0.133 e. The predicted octanol–water partition coefficient (Wildman–Crippen LogP) is 1.87. The molecule has 1 fully saturated rings. The Labute approximate surface area is 101 Å². The summed E-state index contributed by atoms with van der Waals surface area (Å²) in [5.41, 5.74) is 6.91. The minimum absolute atomic E-state index is 0.573. The zero-order valence-corrected chi connectivity index (χ0v) is 10.5. The van der Waals surface area contributed by atoms with Gasteiger partial charge in [0.25, 0.3) is 0 Å². The molecule has 0 radical (unpaired) electrons. The lowest BCUT2D eigenvalue weighted by molar-refractivity contribution is 0.715. The molecule has 1 saturated heterocycles. The summed E-state index contributed by atoms with van der Waals surface area (Å²) in [6.07, 6.45) is 3.09. The minimum atomic E-state index is 0.573. The molecule has 0 aromatic carbocycles. The Morgan fingerprint density at radius 1 is 1.62 bits per heavy atom. The first kappa shape index (κ1) is 11.7. The van der Waals surface area contributed by atoms with Gasteiger partial charge in [0, 0.05) is 42.4 Å². The van der Waals surface area contributed by atoms with E-state index in [1.165, 1.54) is 12.2 Å². The summed E-state index contributed by atoms with van der Waals surface area (Å²) < 4.78 is 0. The number of pyridine rings is 1. The third-order valence-electron chi connectivity index (χ3n) is 2.98. The summed E-state index contributed by atoms with van der Waals surface area (Å²) in [7, 11) is 0. The number of anilines is 1. The second-order valence-corrected chi connectivity index (χ2v) is 5.45. The average molecular weight is 237 g/mol. The van der Waals surface area contributed by atoms with E-state index < -0.39 is 0 Å². The molecule has 1 aromatic heterocycles. The maximum Gasteiger partial charge on any atom is 0.133 e. The largest absolute Gasteiger partial charge is 0.354 e. The monoisotopic (exact) mass is 237 g/mol.